The van der Waals surface area contributed by atoms with Crippen molar-refractivity contribution in [2.24, 2.45) is 5.73 Å². The minimum Gasteiger partial charge on any atom is -0.481 e. The van der Waals surface area contributed by atoms with Crippen molar-refractivity contribution in [2.75, 3.05) is 11.9 Å². The van der Waals surface area contributed by atoms with E-state index in [1.165, 1.54) is 0 Å². The van der Waals surface area contributed by atoms with E-state index in [4.69, 9.17) is 21.0 Å². The normalized spacial score (nSPS) is 10.2. The van der Waals surface area contributed by atoms with Gasteiger partial charge in [-0.05, 0) is 42.0 Å². The van der Waals surface area contributed by atoms with Gasteiger partial charge in [0.2, 0.25) is 0 Å². The predicted molar refractivity (Wildman–Crippen MR) is 110 cm³/mol. The van der Waals surface area contributed by atoms with E-state index in [9.17, 15) is 9.59 Å². The first-order valence-corrected chi connectivity index (χ1v) is 8.74. The zero-order valence-corrected chi connectivity index (χ0v) is 15.4. The largest absolute Gasteiger partial charge is 0.481 e. The van der Waals surface area contributed by atoms with Gasteiger partial charge in [0.05, 0.1) is 0 Å². The number of amidine groups is 1. The van der Waals surface area contributed by atoms with Crippen LogP contribution in [0.25, 0.3) is 11.1 Å². The molecule has 3 aromatic carbocycles. The molecule has 0 fully saturated rings. The van der Waals surface area contributed by atoms with Gasteiger partial charge in [-0.15, -0.1) is 0 Å². The van der Waals surface area contributed by atoms with Crippen LogP contribution in [-0.4, -0.2) is 29.4 Å². The van der Waals surface area contributed by atoms with Crippen molar-refractivity contribution in [3.63, 3.8) is 0 Å². The predicted octanol–water partition coefficient (Wildman–Crippen LogP) is 3.35. The van der Waals surface area contributed by atoms with Crippen molar-refractivity contribution in [2.45, 2.75) is 0 Å². The topological polar surface area (TPSA) is 126 Å². The van der Waals surface area contributed by atoms with Crippen molar-refractivity contribution in [3.05, 3.63) is 83.9 Å². The molecular formula is C22H19N3O4. The summed E-state index contributed by atoms with van der Waals surface area (Å²) >= 11 is 0. The number of nitrogen functional groups attached to an aromatic ring is 1. The highest BCUT2D eigenvalue weighted by atomic mass is 16.5. The summed E-state index contributed by atoms with van der Waals surface area (Å²) in [6, 6.07) is 20.6. The van der Waals surface area contributed by atoms with Crippen LogP contribution in [0.2, 0.25) is 0 Å². The van der Waals surface area contributed by atoms with E-state index in [0.29, 0.717) is 33.7 Å². The number of benzene rings is 3. The maximum atomic E-state index is 12.9. The Labute approximate surface area is 167 Å². The molecule has 0 aromatic heterocycles. The molecule has 0 heterocycles. The number of hydrogen-bond donors (Lipinski definition) is 4. The number of carbonyl (C=O) groups is 2. The Morgan fingerprint density at radius 3 is 2.21 bits per heavy atom. The number of ether oxygens (including phenoxy) is 1. The van der Waals surface area contributed by atoms with Crippen LogP contribution < -0.4 is 15.8 Å². The van der Waals surface area contributed by atoms with Crippen LogP contribution >= 0.6 is 0 Å². The van der Waals surface area contributed by atoms with Gasteiger partial charge >= 0.3 is 5.97 Å². The third-order valence-corrected chi connectivity index (χ3v) is 4.15. The summed E-state index contributed by atoms with van der Waals surface area (Å²) < 4.78 is 5.38. The number of carboxylic acids is 1. The zero-order valence-electron chi connectivity index (χ0n) is 15.4. The molecule has 146 valence electrons. The second kappa shape index (κ2) is 8.71. The molecule has 29 heavy (non-hydrogen) atoms. The number of anilines is 1. The van der Waals surface area contributed by atoms with Gasteiger partial charge < -0.3 is 20.9 Å². The summed E-state index contributed by atoms with van der Waals surface area (Å²) in [7, 11) is 0. The second-order valence-electron chi connectivity index (χ2n) is 6.17. The van der Waals surface area contributed by atoms with Crippen molar-refractivity contribution in [1.82, 2.24) is 0 Å². The SMILES string of the molecule is N=C(N)c1ccc(NC(=O)c2ccccc2-c2ccccc2OCC(=O)O)cc1. The van der Waals surface area contributed by atoms with Crippen molar-refractivity contribution in [3.8, 4) is 16.9 Å². The zero-order chi connectivity index (χ0) is 20.8. The Morgan fingerprint density at radius 2 is 1.55 bits per heavy atom. The number of amides is 1. The lowest BCUT2D eigenvalue weighted by Crippen LogP contribution is -2.14. The van der Waals surface area contributed by atoms with Gasteiger partial charge in [-0.1, -0.05) is 36.4 Å². The molecule has 0 aliphatic carbocycles. The molecule has 0 radical (unpaired) electrons. The van der Waals surface area contributed by atoms with E-state index >= 15 is 0 Å². The van der Waals surface area contributed by atoms with E-state index in [1.807, 2.05) is 0 Å². The van der Waals surface area contributed by atoms with Crippen LogP contribution in [0.5, 0.6) is 5.75 Å². The number of carboxylic acid groups (broad SMARTS) is 1. The number of nitrogens with one attached hydrogen (secondary N) is 2. The molecule has 0 unspecified atom stereocenters. The van der Waals surface area contributed by atoms with E-state index in [2.05, 4.69) is 5.32 Å². The number of hydrogen-bond acceptors (Lipinski definition) is 4. The first-order valence-electron chi connectivity index (χ1n) is 8.74. The highest BCUT2D eigenvalue weighted by molar-refractivity contribution is 6.09. The van der Waals surface area contributed by atoms with Gasteiger partial charge in [-0.2, -0.15) is 0 Å². The molecule has 0 atom stereocenters. The summed E-state index contributed by atoms with van der Waals surface area (Å²) in [6.45, 7) is -0.478. The minimum absolute atomic E-state index is 0.0498. The van der Waals surface area contributed by atoms with E-state index in [1.54, 1.807) is 72.8 Å². The van der Waals surface area contributed by atoms with Gasteiger partial charge in [-0.3, -0.25) is 10.2 Å². The molecule has 0 bridgehead atoms. The molecular weight excluding hydrogens is 370 g/mol. The highest BCUT2D eigenvalue weighted by Gasteiger charge is 2.16. The Morgan fingerprint density at radius 1 is 0.931 bits per heavy atom. The van der Waals surface area contributed by atoms with Crippen LogP contribution in [0.1, 0.15) is 15.9 Å². The maximum absolute atomic E-state index is 12.9. The number of carbonyl (C=O) groups excluding carboxylic acids is 1. The lowest BCUT2D eigenvalue weighted by atomic mass is 9.98. The van der Waals surface area contributed by atoms with Crippen LogP contribution in [0.4, 0.5) is 5.69 Å². The molecule has 3 rings (SSSR count). The van der Waals surface area contributed by atoms with Gasteiger partial charge in [0.15, 0.2) is 6.61 Å². The van der Waals surface area contributed by atoms with Crippen LogP contribution in [0.15, 0.2) is 72.8 Å². The highest BCUT2D eigenvalue weighted by Crippen LogP contribution is 2.32. The van der Waals surface area contributed by atoms with Gasteiger partial charge in [0, 0.05) is 22.4 Å². The van der Waals surface area contributed by atoms with Crippen LogP contribution in [-0.2, 0) is 4.79 Å². The van der Waals surface area contributed by atoms with Crippen molar-refractivity contribution in [1.29, 1.82) is 5.41 Å². The molecule has 0 aliphatic heterocycles. The Bertz CT molecular complexity index is 1060. The van der Waals surface area contributed by atoms with Crippen molar-refractivity contribution < 1.29 is 19.4 Å². The summed E-state index contributed by atoms with van der Waals surface area (Å²) in [5.41, 5.74) is 8.21. The molecule has 1 amide bonds. The summed E-state index contributed by atoms with van der Waals surface area (Å²) in [5.74, 6) is -1.09. The third-order valence-electron chi connectivity index (χ3n) is 4.15. The standard InChI is InChI=1S/C22H19N3O4/c23-21(24)14-9-11-15(12-10-14)25-22(28)18-7-2-1-5-16(18)17-6-3-4-8-19(17)29-13-20(26)27/h1-12H,13H2,(H3,23,24)(H,25,28)(H,26,27). The van der Waals surface area contributed by atoms with Crippen LogP contribution in [0, 0.1) is 5.41 Å². The molecule has 3 aromatic rings. The summed E-state index contributed by atoms with van der Waals surface area (Å²) in [4.78, 5) is 23.7. The summed E-state index contributed by atoms with van der Waals surface area (Å²) in [6.07, 6.45) is 0. The van der Waals surface area contributed by atoms with Gasteiger partial charge in [0.25, 0.3) is 5.91 Å². The monoisotopic (exact) mass is 389 g/mol. The van der Waals surface area contributed by atoms with Crippen LogP contribution in [0.3, 0.4) is 0 Å². The smallest absolute Gasteiger partial charge is 0.341 e. The number of para-hydroxylation sites is 1. The molecule has 7 heteroatoms. The lowest BCUT2D eigenvalue weighted by Gasteiger charge is -2.14. The van der Waals surface area contributed by atoms with E-state index < -0.39 is 12.6 Å². The maximum Gasteiger partial charge on any atom is 0.341 e. The molecule has 0 saturated heterocycles. The third kappa shape index (κ3) is 4.78. The van der Waals surface area contributed by atoms with E-state index in [-0.39, 0.29) is 11.7 Å². The van der Waals surface area contributed by atoms with Gasteiger partial charge in [0.1, 0.15) is 11.6 Å². The fourth-order valence-corrected chi connectivity index (χ4v) is 2.80. The molecule has 5 N–H and O–H groups in total. The lowest BCUT2D eigenvalue weighted by molar-refractivity contribution is -0.139. The Hall–Kier alpha value is -4.13. The molecule has 0 saturated carbocycles. The van der Waals surface area contributed by atoms with Gasteiger partial charge in [-0.25, -0.2) is 4.79 Å². The Balaban J connectivity index is 1.90. The molecule has 0 aliphatic rings. The molecule has 7 nitrogen and oxygen atoms in total. The average molecular weight is 389 g/mol. The first kappa shape index (κ1) is 19.6. The quantitative estimate of drug-likeness (QED) is 0.364. The fourth-order valence-electron chi connectivity index (χ4n) is 2.80. The number of aliphatic carboxylic acids is 1. The second-order valence-corrected chi connectivity index (χ2v) is 6.17. The number of nitrogens with two attached hydrogens (primary N) is 1. The fraction of sp³-hybridized carbons (Fsp3) is 0.0455. The van der Waals surface area contributed by atoms with Crippen molar-refractivity contribution >= 4 is 23.4 Å². The Kier molecular flexibility index (Phi) is 5.89. The first-order chi connectivity index (χ1) is 14.0. The minimum atomic E-state index is -1.08. The van der Waals surface area contributed by atoms with E-state index in [0.717, 1.165) is 0 Å². The number of rotatable bonds is 7. The molecule has 0 spiro atoms. The average Bonchev–Trinajstić information content (AvgIpc) is 2.73. The summed E-state index contributed by atoms with van der Waals surface area (Å²) in [5, 5.41) is 19.1.